The molecular weight excluding hydrogens is 411 g/mol. The monoisotopic (exact) mass is 417 g/mol. The third-order valence-electron chi connectivity index (χ3n) is 3.16. The molecule has 1 aliphatic carbocycles. The molecule has 2 atom stereocenters. The fourth-order valence-electron chi connectivity index (χ4n) is 2.01. The Balaban J connectivity index is 3.54. The van der Waals surface area contributed by atoms with E-state index in [0.29, 0.717) is 7.11 Å². The molecule has 0 aromatic rings. The normalized spacial score (nSPS) is 27.3. The highest BCUT2D eigenvalue weighted by Gasteiger charge is 2.82. The zero-order chi connectivity index (χ0) is 18.4. The third-order valence-corrected chi connectivity index (χ3v) is 4.05. The van der Waals surface area contributed by atoms with Crippen molar-refractivity contribution in [1.82, 2.24) is 4.90 Å². The van der Waals surface area contributed by atoms with Crippen LogP contribution < -0.4 is 0 Å². The van der Waals surface area contributed by atoms with Gasteiger partial charge in [0.1, 0.15) is 0 Å². The van der Waals surface area contributed by atoms with Gasteiger partial charge < -0.3 is 4.74 Å². The van der Waals surface area contributed by atoms with Gasteiger partial charge in [-0.25, -0.2) is 14.1 Å². The van der Waals surface area contributed by atoms with Crippen LogP contribution >= 0.6 is 15.9 Å². The minimum Gasteiger partial charge on any atom is -0.467 e. The Labute approximate surface area is 131 Å². The van der Waals surface area contributed by atoms with E-state index in [1.165, 1.54) is 0 Å². The van der Waals surface area contributed by atoms with Crippen molar-refractivity contribution in [2.45, 2.75) is 30.0 Å². The highest BCUT2D eigenvalue weighted by atomic mass is 79.9. The predicted molar refractivity (Wildman–Crippen MR) is 61.0 cm³/mol. The second kappa shape index (κ2) is 5.60. The second-order valence-corrected chi connectivity index (χ2v) is 5.13. The minimum absolute atomic E-state index is 0.561. The van der Waals surface area contributed by atoms with Crippen molar-refractivity contribution in [1.29, 1.82) is 0 Å². The zero-order valence-electron chi connectivity index (χ0n) is 11.0. The second-order valence-electron chi connectivity index (χ2n) is 4.57. The molecule has 5 nitrogen and oxygen atoms in total. The summed E-state index contributed by atoms with van der Waals surface area (Å²) in [5.74, 6) is -8.54. The molecule has 0 heterocycles. The first-order chi connectivity index (χ1) is 10.2. The number of alkyl halides is 8. The van der Waals surface area contributed by atoms with Crippen molar-refractivity contribution >= 4 is 33.7 Å². The molecule has 1 saturated carbocycles. The number of amides is 2. The summed E-state index contributed by atoms with van der Waals surface area (Å²) < 4.78 is 93.5. The van der Waals surface area contributed by atoms with E-state index < -0.39 is 58.0 Å². The molecule has 2 amide bonds. The van der Waals surface area contributed by atoms with Gasteiger partial charge in [0, 0.05) is 11.8 Å². The smallest absolute Gasteiger partial charge is 0.467 e. The van der Waals surface area contributed by atoms with Crippen molar-refractivity contribution in [3.05, 3.63) is 0 Å². The van der Waals surface area contributed by atoms with E-state index in [-0.39, 0.29) is 0 Å². The van der Waals surface area contributed by atoms with Crippen molar-refractivity contribution < 1.29 is 49.9 Å². The van der Waals surface area contributed by atoms with Gasteiger partial charge in [-0.05, 0) is 0 Å². The zero-order valence-corrected chi connectivity index (χ0v) is 12.6. The van der Waals surface area contributed by atoms with Gasteiger partial charge in [0.2, 0.25) is 0 Å². The Hall–Kier alpha value is -1.40. The van der Waals surface area contributed by atoms with Gasteiger partial charge in [-0.3, -0.25) is 9.59 Å². The first-order valence-electron chi connectivity index (χ1n) is 5.55. The lowest BCUT2D eigenvalue weighted by molar-refractivity contribution is -0.211. The van der Waals surface area contributed by atoms with Crippen molar-refractivity contribution in [2.24, 2.45) is 0 Å². The molecule has 0 saturated heterocycles. The number of imide groups is 1. The van der Waals surface area contributed by atoms with Gasteiger partial charge in [0.15, 0.2) is 11.2 Å². The van der Waals surface area contributed by atoms with Crippen LogP contribution in [0, 0.1) is 0 Å². The van der Waals surface area contributed by atoms with Crippen LogP contribution in [0.15, 0.2) is 0 Å². The van der Waals surface area contributed by atoms with Gasteiger partial charge in [0.05, 0.1) is 7.11 Å². The molecule has 1 fully saturated rings. The summed E-state index contributed by atoms with van der Waals surface area (Å²) in [5.41, 5.74) is -6.37. The van der Waals surface area contributed by atoms with Gasteiger partial charge in [0.25, 0.3) is 0 Å². The molecule has 0 aliphatic heterocycles. The van der Waals surface area contributed by atoms with Crippen LogP contribution in [0.1, 0.15) is 6.42 Å². The Kier molecular flexibility index (Phi) is 4.78. The highest BCUT2D eigenvalue weighted by Crippen LogP contribution is 2.58. The molecule has 0 aromatic carbocycles. The summed E-state index contributed by atoms with van der Waals surface area (Å²) in [4.78, 5) is 32.7. The maximum absolute atomic E-state index is 14.3. The van der Waals surface area contributed by atoms with E-state index in [1.54, 1.807) is 0 Å². The number of carbonyl (C=O) groups excluding carboxylic acids is 3. The lowest BCUT2D eigenvalue weighted by Gasteiger charge is -2.31. The number of esters is 1. The summed E-state index contributed by atoms with van der Waals surface area (Å²) in [6.07, 6.45) is -13.2. The third kappa shape index (κ3) is 3.02. The number of rotatable bonds is 3. The van der Waals surface area contributed by atoms with E-state index in [9.17, 15) is 45.1 Å². The van der Waals surface area contributed by atoms with Gasteiger partial charge in [-0.1, -0.05) is 15.9 Å². The molecule has 0 spiro atoms. The molecular formula is C10H7BrF7NO4. The largest absolute Gasteiger partial charge is 0.471 e. The summed E-state index contributed by atoms with van der Waals surface area (Å²) in [5, 5.41) is -0.901. The summed E-state index contributed by atoms with van der Waals surface area (Å²) in [6, 6.07) is 0. The van der Waals surface area contributed by atoms with E-state index in [4.69, 9.17) is 0 Å². The molecule has 13 heteroatoms. The molecule has 0 N–H and O–H groups in total. The van der Waals surface area contributed by atoms with Crippen LogP contribution in [0.5, 0.6) is 0 Å². The molecule has 2 unspecified atom stereocenters. The maximum atomic E-state index is 14.3. The molecule has 23 heavy (non-hydrogen) atoms. The van der Waals surface area contributed by atoms with E-state index in [2.05, 4.69) is 20.7 Å². The summed E-state index contributed by atoms with van der Waals surface area (Å²) >= 11 is 2.48. The van der Waals surface area contributed by atoms with Gasteiger partial charge in [-0.2, -0.15) is 26.3 Å². The maximum Gasteiger partial charge on any atom is 0.471 e. The molecule has 0 radical (unpaired) electrons. The van der Waals surface area contributed by atoms with E-state index in [1.807, 2.05) is 0 Å². The van der Waals surface area contributed by atoms with Crippen LogP contribution in [-0.2, 0) is 19.1 Å². The summed E-state index contributed by atoms with van der Waals surface area (Å²) in [6.45, 7) is 0. The average Bonchev–Trinajstić information content (AvgIpc) is 3.03. The fourth-order valence-corrected chi connectivity index (χ4v) is 2.67. The first kappa shape index (κ1) is 19.6. The van der Waals surface area contributed by atoms with Crippen LogP contribution in [0.3, 0.4) is 0 Å². The van der Waals surface area contributed by atoms with E-state index >= 15 is 0 Å². The molecule has 0 bridgehead atoms. The Bertz CT molecular complexity index is 522. The number of hydrogen-bond donors (Lipinski definition) is 0. The number of nitrogens with zero attached hydrogens (tertiary/aromatic N) is 1. The summed E-state index contributed by atoms with van der Waals surface area (Å²) in [7, 11) is 0.561. The highest BCUT2D eigenvalue weighted by molar-refractivity contribution is 9.09. The minimum atomic E-state index is -5.95. The van der Waals surface area contributed by atoms with Crippen LogP contribution in [0.4, 0.5) is 30.7 Å². The van der Waals surface area contributed by atoms with E-state index in [0.717, 1.165) is 0 Å². The van der Waals surface area contributed by atoms with Crippen LogP contribution in [-0.4, -0.2) is 58.7 Å². The standard InChI is InChI=1S/C10H7BrF7NO4/c1-23-6(22)8(2-7(8,12)3-11)19(4(20)9(13,14)15)5(21)10(16,17)18/h2-3H2,1H3. The molecule has 132 valence electrons. The van der Waals surface area contributed by atoms with Crippen LogP contribution in [0.2, 0.25) is 0 Å². The van der Waals surface area contributed by atoms with Crippen LogP contribution in [0.25, 0.3) is 0 Å². The predicted octanol–water partition coefficient (Wildman–Crippen LogP) is 1.88. The first-order valence-corrected chi connectivity index (χ1v) is 6.67. The number of carbonyl (C=O) groups is 3. The Morgan fingerprint density at radius 2 is 1.48 bits per heavy atom. The van der Waals surface area contributed by atoms with Crippen molar-refractivity contribution in [3.8, 4) is 0 Å². The fraction of sp³-hybridized carbons (Fsp3) is 0.700. The SMILES string of the molecule is COC(=O)C1(N(C(=O)C(F)(F)F)C(=O)C(F)(F)F)CC1(F)CBr. The lowest BCUT2D eigenvalue weighted by Crippen LogP contribution is -2.61. The molecule has 1 aliphatic rings. The Morgan fingerprint density at radius 3 is 1.70 bits per heavy atom. The van der Waals surface area contributed by atoms with Gasteiger partial charge >= 0.3 is 30.1 Å². The van der Waals surface area contributed by atoms with Crippen molar-refractivity contribution in [2.75, 3.05) is 12.4 Å². The molecule has 0 aromatic heterocycles. The average molecular weight is 418 g/mol. The van der Waals surface area contributed by atoms with Crippen molar-refractivity contribution in [3.63, 3.8) is 0 Å². The topological polar surface area (TPSA) is 63.7 Å². The number of hydrogen-bond acceptors (Lipinski definition) is 4. The quantitative estimate of drug-likeness (QED) is 0.399. The number of methoxy groups -OCH3 is 1. The van der Waals surface area contributed by atoms with Gasteiger partial charge in [-0.15, -0.1) is 0 Å². The number of halogens is 8. The molecule has 1 rings (SSSR count). The Morgan fingerprint density at radius 1 is 1.09 bits per heavy atom. The lowest BCUT2D eigenvalue weighted by atomic mass is 10.1. The number of ether oxygens (including phenoxy) is 1.